The summed E-state index contributed by atoms with van der Waals surface area (Å²) in [5, 5.41) is 6.45. The van der Waals surface area contributed by atoms with Gasteiger partial charge in [0.05, 0.1) is 28.9 Å². The molecule has 1 fully saturated rings. The summed E-state index contributed by atoms with van der Waals surface area (Å²) < 4.78 is 5.98. The predicted molar refractivity (Wildman–Crippen MR) is 107 cm³/mol. The number of nitrogens with two attached hydrogens (primary N) is 1. The normalized spacial score (nSPS) is 14.9. The molecule has 0 amide bonds. The van der Waals surface area contributed by atoms with Gasteiger partial charge in [0, 0.05) is 37.0 Å². The average molecular weight is 351 g/mol. The Hall–Kier alpha value is -2.60. The van der Waals surface area contributed by atoms with Crippen LogP contribution in [0.1, 0.15) is 19.0 Å². The topological polar surface area (TPSA) is 76.3 Å². The van der Waals surface area contributed by atoms with Crippen molar-refractivity contribution in [2.75, 3.05) is 43.4 Å². The van der Waals surface area contributed by atoms with Crippen molar-refractivity contribution in [1.82, 2.24) is 15.3 Å². The number of pyridine rings is 2. The van der Waals surface area contributed by atoms with Crippen LogP contribution >= 0.6 is 0 Å². The molecule has 6 nitrogen and oxygen atoms in total. The van der Waals surface area contributed by atoms with Gasteiger partial charge < -0.3 is 20.7 Å². The Balaban J connectivity index is 2.08. The van der Waals surface area contributed by atoms with Crippen LogP contribution in [0.3, 0.4) is 0 Å². The Morgan fingerprint density at radius 2 is 1.92 bits per heavy atom. The van der Waals surface area contributed by atoms with Crippen molar-refractivity contribution in [3.63, 3.8) is 0 Å². The lowest BCUT2D eigenvalue weighted by molar-refractivity contribution is 0.310. The fourth-order valence-corrected chi connectivity index (χ4v) is 3.72. The molecule has 0 radical (unpaired) electrons. The average Bonchev–Trinajstić information content (AvgIpc) is 2.66. The van der Waals surface area contributed by atoms with E-state index in [4.69, 9.17) is 15.5 Å². The van der Waals surface area contributed by atoms with Crippen molar-refractivity contribution in [3.05, 3.63) is 30.0 Å². The second kappa shape index (κ2) is 6.96. The summed E-state index contributed by atoms with van der Waals surface area (Å²) in [4.78, 5) is 11.8. The summed E-state index contributed by atoms with van der Waals surface area (Å²) in [7, 11) is 0. The molecule has 3 heterocycles. The monoisotopic (exact) mass is 351 g/mol. The van der Waals surface area contributed by atoms with E-state index < -0.39 is 0 Å². The number of para-hydroxylation sites is 1. The summed E-state index contributed by atoms with van der Waals surface area (Å²) in [5.74, 6) is 1.07. The molecule has 1 aliphatic heterocycles. The van der Waals surface area contributed by atoms with E-state index in [9.17, 15) is 0 Å². The lowest BCUT2D eigenvalue weighted by Crippen LogP contribution is -2.44. The van der Waals surface area contributed by atoms with E-state index in [1.807, 2.05) is 25.1 Å². The quantitative estimate of drug-likeness (QED) is 0.704. The molecule has 1 saturated heterocycles. The Kier molecular flexibility index (Phi) is 4.51. The van der Waals surface area contributed by atoms with Gasteiger partial charge in [-0.05, 0) is 19.4 Å². The maximum absolute atomic E-state index is 6.36. The molecule has 0 saturated carbocycles. The summed E-state index contributed by atoms with van der Waals surface area (Å²) >= 11 is 0. The third kappa shape index (κ3) is 2.80. The molecule has 136 valence electrons. The van der Waals surface area contributed by atoms with E-state index in [1.165, 1.54) is 0 Å². The second-order valence-electron chi connectivity index (χ2n) is 6.70. The van der Waals surface area contributed by atoms with E-state index >= 15 is 0 Å². The third-order valence-corrected chi connectivity index (χ3v) is 4.86. The van der Waals surface area contributed by atoms with Crippen LogP contribution < -0.4 is 20.7 Å². The van der Waals surface area contributed by atoms with Crippen molar-refractivity contribution < 1.29 is 4.74 Å². The summed E-state index contributed by atoms with van der Waals surface area (Å²) in [6, 6.07) is 8.19. The summed E-state index contributed by atoms with van der Waals surface area (Å²) in [6.45, 7) is 8.56. The van der Waals surface area contributed by atoms with E-state index in [1.54, 1.807) is 0 Å². The summed E-state index contributed by atoms with van der Waals surface area (Å²) in [5.41, 5.74) is 9.38. The highest BCUT2D eigenvalue weighted by Crippen LogP contribution is 2.41. The number of benzene rings is 1. The molecular weight excluding hydrogens is 326 g/mol. The first-order valence-corrected chi connectivity index (χ1v) is 9.27. The fraction of sp³-hybridized carbons (Fsp3) is 0.400. The smallest absolute Gasteiger partial charge is 0.225 e. The van der Waals surface area contributed by atoms with Crippen LogP contribution in [0.5, 0.6) is 5.88 Å². The molecule has 26 heavy (non-hydrogen) atoms. The van der Waals surface area contributed by atoms with Gasteiger partial charge in [0.15, 0.2) is 0 Å². The molecule has 1 aliphatic rings. The zero-order chi connectivity index (χ0) is 18.1. The zero-order valence-corrected chi connectivity index (χ0v) is 15.4. The first-order valence-electron chi connectivity index (χ1n) is 9.27. The Morgan fingerprint density at radius 1 is 1.15 bits per heavy atom. The van der Waals surface area contributed by atoms with Gasteiger partial charge in [-0.25, -0.2) is 9.97 Å². The molecule has 1 aromatic carbocycles. The highest BCUT2D eigenvalue weighted by Gasteiger charge is 2.23. The molecule has 0 atom stereocenters. The summed E-state index contributed by atoms with van der Waals surface area (Å²) in [6.07, 6.45) is 0.917. The van der Waals surface area contributed by atoms with Crippen molar-refractivity contribution >= 4 is 33.2 Å². The largest absolute Gasteiger partial charge is 0.477 e. The number of hydrogen-bond acceptors (Lipinski definition) is 6. The number of hydrogen-bond donors (Lipinski definition) is 2. The molecule has 4 rings (SSSR count). The van der Waals surface area contributed by atoms with Crippen molar-refractivity contribution in [1.29, 1.82) is 0 Å². The SMILES string of the molecule is CCCOc1nc2ccccc2c2c(N3CCNCC3)c(C)nc(N)c12. The van der Waals surface area contributed by atoms with Gasteiger partial charge in [-0.15, -0.1) is 0 Å². The minimum atomic E-state index is 0.487. The standard InChI is InChI=1S/C20H25N5O/c1-3-12-26-20-17-16(14-6-4-5-7-15(14)24-20)18(13(2)23-19(17)21)25-10-8-22-9-11-25/h4-7,22H,3,8-12H2,1-2H3,(H2,21,23). The van der Waals surface area contributed by atoms with Gasteiger partial charge in [-0.2, -0.15) is 0 Å². The van der Waals surface area contributed by atoms with Crippen LogP contribution in [0.15, 0.2) is 24.3 Å². The van der Waals surface area contributed by atoms with E-state index in [0.717, 1.165) is 65.7 Å². The Bertz CT molecular complexity index is 950. The van der Waals surface area contributed by atoms with Crippen LogP contribution in [0.2, 0.25) is 0 Å². The molecule has 2 aromatic heterocycles. The molecule has 3 aromatic rings. The van der Waals surface area contributed by atoms with E-state index in [0.29, 0.717) is 18.3 Å². The number of aryl methyl sites for hydroxylation is 1. The number of nitrogen functional groups attached to an aromatic ring is 1. The molecule has 0 bridgehead atoms. The van der Waals surface area contributed by atoms with Gasteiger partial charge >= 0.3 is 0 Å². The highest BCUT2D eigenvalue weighted by atomic mass is 16.5. The van der Waals surface area contributed by atoms with Crippen LogP contribution in [0.4, 0.5) is 11.5 Å². The number of aromatic nitrogens is 2. The number of nitrogens with one attached hydrogen (secondary N) is 1. The maximum Gasteiger partial charge on any atom is 0.225 e. The molecule has 0 aliphatic carbocycles. The van der Waals surface area contributed by atoms with Gasteiger partial charge in [-0.1, -0.05) is 25.1 Å². The number of anilines is 2. The lowest BCUT2D eigenvalue weighted by atomic mass is 10.0. The van der Waals surface area contributed by atoms with Crippen LogP contribution in [0.25, 0.3) is 21.7 Å². The van der Waals surface area contributed by atoms with Crippen molar-refractivity contribution in [3.8, 4) is 5.88 Å². The minimum Gasteiger partial charge on any atom is -0.477 e. The molecule has 0 unspecified atom stereocenters. The lowest BCUT2D eigenvalue weighted by Gasteiger charge is -2.32. The molecule has 0 spiro atoms. The van der Waals surface area contributed by atoms with Gasteiger partial charge in [-0.3, -0.25) is 0 Å². The van der Waals surface area contributed by atoms with Gasteiger partial charge in [0.25, 0.3) is 0 Å². The first kappa shape index (κ1) is 16.8. The molecule has 3 N–H and O–H groups in total. The Morgan fingerprint density at radius 3 is 2.69 bits per heavy atom. The number of fused-ring (bicyclic) bond motifs is 3. The Labute approximate surface area is 153 Å². The predicted octanol–water partition coefficient (Wildman–Crippen LogP) is 2.87. The zero-order valence-electron chi connectivity index (χ0n) is 15.4. The minimum absolute atomic E-state index is 0.487. The number of piperazine rings is 1. The fourth-order valence-electron chi connectivity index (χ4n) is 3.72. The number of rotatable bonds is 4. The molecular formula is C20H25N5O. The van der Waals surface area contributed by atoms with Crippen molar-refractivity contribution in [2.45, 2.75) is 20.3 Å². The van der Waals surface area contributed by atoms with Crippen LogP contribution in [-0.4, -0.2) is 42.8 Å². The second-order valence-corrected chi connectivity index (χ2v) is 6.70. The first-order chi connectivity index (χ1) is 12.7. The van der Waals surface area contributed by atoms with Gasteiger partial charge in [0.2, 0.25) is 5.88 Å². The highest BCUT2D eigenvalue weighted by molar-refractivity contribution is 6.17. The maximum atomic E-state index is 6.36. The van der Waals surface area contributed by atoms with E-state index in [-0.39, 0.29) is 0 Å². The van der Waals surface area contributed by atoms with Crippen LogP contribution in [-0.2, 0) is 0 Å². The van der Waals surface area contributed by atoms with Gasteiger partial charge in [0.1, 0.15) is 5.82 Å². The number of nitrogens with zero attached hydrogens (tertiary/aromatic N) is 3. The van der Waals surface area contributed by atoms with Crippen LogP contribution in [0, 0.1) is 6.92 Å². The van der Waals surface area contributed by atoms with E-state index in [2.05, 4.69) is 28.2 Å². The molecule has 6 heteroatoms. The van der Waals surface area contributed by atoms with Crippen molar-refractivity contribution in [2.24, 2.45) is 0 Å². The third-order valence-electron chi connectivity index (χ3n) is 4.86. The number of ether oxygens (including phenoxy) is 1.